The highest BCUT2D eigenvalue weighted by Gasteiger charge is 2.73. The highest BCUT2D eigenvalue weighted by atomic mass is 32.1. The van der Waals surface area contributed by atoms with Crippen molar-refractivity contribution < 1.29 is 5.11 Å². The number of aliphatic hydroxyl groups is 1. The van der Waals surface area contributed by atoms with Crippen LogP contribution in [-0.4, -0.2) is 26.5 Å². The lowest BCUT2D eigenvalue weighted by Gasteiger charge is -2.70. The summed E-state index contributed by atoms with van der Waals surface area (Å²) in [5.74, 6) is 5.15. The molecule has 0 saturated heterocycles. The zero-order valence-electron chi connectivity index (χ0n) is 22.9. The van der Waals surface area contributed by atoms with Crippen molar-refractivity contribution in [3.63, 3.8) is 0 Å². The van der Waals surface area contributed by atoms with Crippen LogP contribution >= 0.6 is 37.9 Å². The minimum atomic E-state index is 0.0416. The summed E-state index contributed by atoms with van der Waals surface area (Å²) in [6.07, 6.45) is 13.4. The summed E-state index contributed by atoms with van der Waals surface area (Å²) >= 11 is 16.4. The SMILES string of the molecule is CCC1C(CC)C2(S)CC(S)CC[C@]2(C)[C@@H]2CC[C@@]3(C)[C@@H](C(CC)C(CC)C3(S)CCCO)[C@H]12. The van der Waals surface area contributed by atoms with Crippen molar-refractivity contribution >= 4 is 37.9 Å². The minimum absolute atomic E-state index is 0.0416. The zero-order chi connectivity index (χ0) is 25.1. The zero-order valence-corrected chi connectivity index (χ0v) is 25.6. The van der Waals surface area contributed by atoms with Crippen LogP contribution in [0.3, 0.4) is 0 Å². The number of aliphatic hydroxyl groups excluding tert-OH is 1. The largest absolute Gasteiger partial charge is 0.396 e. The Morgan fingerprint density at radius 3 is 2.00 bits per heavy atom. The molecule has 0 heterocycles. The first-order valence-electron chi connectivity index (χ1n) is 14.8. The van der Waals surface area contributed by atoms with Gasteiger partial charge in [0.1, 0.15) is 0 Å². The van der Waals surface area contributed by atoms with Gasteiger partial charge in [0.15, 0.2) is 0 Å². The van der Waals surface area contributed by atoms with Crippen LogP contribution in [0.1, 0.15) is 112 Å². The molecule has 34 heavy (non-hydrogen) atoms. The fraction of sp³-hybridized carbons (Fsp3) is 1.00. The summed E-state index contributed by atoms with van der Waals surface area (Å²) in [7, 11) is 0. The third kappa shape index (κ3) is 3.59. The molecule has 4 aliphatic rings. The Balaban J connectivity index is 1.87. The second-order valence-electron chi connectivity index (χ2n) is 13.3. The van der Waals surface area contributed by atoms with Gasteiger partial charge in [-0.1, -0.05) is 67.2 Å². The molecule has 7 unspecified atom stereocenters. The van der Waals surface area contributed by atoms with E-state index >= 15 is 0 Å². The van der Waals surface area contributed by atoms with E-state index in [0.717, 1.165) is 42.4 Å². The van der Waals surface area contributed by atoms with Gasteiger partial charge in [0.05, 0.1) is 0 Å². The number of fused-ring (bicyclic) bond motifs is 5. The molecule has 4 fully saturated rings. The molecule has 4 heteroatoms. The second kappa shape index (κ2) is 9.96. The van der Waals surface area contributed by atoms with Crippen LogP contribution in [0.5, 0.6) is 0 Å². The number of hydrogen-bond acceptors (Lipinski definition) is 4. The molecule has 0 spiro atoms. The summed E-state index contributed by atoms with van der Waals surface area (Å²) in [6.45, 7) is 15.4. The average Bonchev–Trinajstić information content (AvgIpc) is 3.00. The van der Waals surface area contributed by atoms with Gasteiger partial charge < -0.3 is 5.11 Å². The number of hydrogen-bond donors (Lipinski definition) is 4. The first-order chi connectivity index (χ1) is 16.0. The van der Waals surface area contributed by atoms with Crippen LogP contribution in [0.2, 0.25) is 0 Å². The molecule has 0 aromatic carbocycles. The molecule has 198 valence electrons. The van der Waals surface area contributed by atoms with Crippen molar-refractivity contribution in [3.8, 4) is 0 Å². The van der Waals surface area contributed by atoms with E-state index in [0.29, 0.717) is 29.1 Å². The van der Waals surface area contributed by atoms with E-state index in [2.05, 4.69) is 41.5 Å². The maximum absolute atomic E-state index is 9.80. The molecule has 4 saturated carbocycles. The first kappa shape index (κ1) is 28.0. The van der Waals surface area contributed by atoms with Crippen molar-refractivity contribution in [2.24, 2.45) is 52.3 Å². The standard InChI is InChI=1S/C30H54OS3/c1-7-20-22(9-3)30(34)18-19(32)12-15-27(30,5)24-13-16-28(6)26(25(20)24)21(8-2)23(10-4)29(28,33)14-11-17-31/h19-26,31-34H,7-18H2,1-6H3/t19?,20?,21?,22?,23?,24-,25-,26+,27-,28+,29?,30?/m1/s1. The van der Waals surface area contributed by atoms with Gasteiger partial charge in [-0.15, -0.1) is 0 Å². The summed E-state index contributed by atoms with van der Waals surface area (Å²) in [4.78, 5) is 0. The topological polar surface area (TPSA) is 20.2 Å². The summed E-state index contributed by atoms with van der Waals surface area (Å²) in [6, 6.07) is 0. The van der Waals surface area contributed by atoms with Gasteiger partial charge in [-0.2, -0.15) is 37.9 Å². The number of rotatable bonds is 7. The molecule has 0 aromatic rings. The van der Waals surface area contributed by atoms with E-state index in [1.165, 1.54) is 57.8 Å². The second-order valence-corrected chi connectivity index (χ2v) is 15.7. The first-order valence-corrected chi connectivity index (χ1v) is 16.2. The lowest BCUT2D eigenvalue weighted by Crippen LogP contribution is -2.67. The van der Waals surface area contributed by atoms with E-state index in [9.17, 15) is 5.11 Å². The van der Waals surface area contributed by atoms with Crippen LogP contribution in [0.25, 0.3) is 0 Å². The Morgan fingerprint density at radius 1 is 0.824 bits per heavy atom. The molecule has 0 bridgehead atoms. The Morgan fingerprint density at radius 2 is 1.44 bits per heavy atom. The molecule has 4 rings (SSSR count). The van der Waals surface area contributed by atoms with Gasteiger partial charge in [-0.05, 0) is 97.2 Å². The van der Waals surface area contributed by atoms with Crippen LogP contribution in [0.15, 0.2) is 0 Å². The molecule has 0 aromatic heterocycles. The van der Waals surface area contributed by atoms with E-state index in [1.807, 2.05) is 0 Å². The number of thiol groups is 3. The van der Waals surface area contributed by atoms with E-state index in [4.69, 9.17) is 37.9 Å². The fourth-order valence-corrected chi connectivity index (χ4v) is 13.6. The third-order valence-corrected chi connectivity index (χ3v) is 15.2. The Bertz CT molecular complexity index is 730. The lowest BCUT2D eigenvalue weighted by molar-refractivity contribution is -0.158. The van der Waals surface area contributed by atoms with E-state index in [-0.39, 0.29) is 14.9 Å². The van der Waals surface area contributed by atoms with Crippen molar-refractivity contribution in [2.45, 2.75) is 127 Å². The van der Waals surface area contributed by atoms with E-state index < -0.39 is 0 Å². The quantitative estimate of drug-likeness (QED) is 0.246. The van der Waals surface area contributed by atoms with Crippen LogP contribution in [-0.2, 0) is 0 Å². The van der Waals surface area contributed by atoms with Gasteiger partial charge in [0, 0.05) is 21.4 Å². The molecule has 1 N–H and O–H groups in total. The Hall–Kier alpha value is 1.01. The van der Waals surface area contributed by atoms with Gasteiger partial charge in [-0.25, -0.2) is 0 Å². The summed E-state index contributed by atoms with van der Waals surface area (Å²) < 4.78 is 0.154. The van der Waals surface area contributed by atoms with Crippen LogP contribution in [0, 0.1) is 52.3 Å². The molecule has 12 atom stereocenters. The monoisotopic (exact) mass is 526 g/mol. The highest BCUT2D eigenvalue weighted by molar-refractivity contribution is 7.82. The Kier molecular flexibility index (Phi) is 8.21. The molecule has 0 aliphatic heterocycles. The minimum Gasteiger partial charge on any atom is -0.396 e. The molecular weight excluding hydrogens is 473 g/mol. The highest BCUT2D eigenvalue weighted by Crippen LogP contribution is 2.77. The van der Waals surface area contributed by atoms with Crippen LogP contribution < -0.4 is 0 Å². The normalized spacial score (nSPS) is 54.9. The molecule has 0 amide bonds. The van der Waals surface area contributed by atoms with Crippen molar-refractivity contribution in [1.82, 2.24) is 0 Å². The van der Waals surface area contributed by atoms with Crippen molar-refractivity contribution in [3.05, 3.63) is 0 Å². The lowest BCUT2D eigenvalue weighted by atomic mass is 9.38. The van der Waals surface area contributed by atoms with Crippen molar-refractivity contribution in [1.29, 1.82) is 0 Å². The maximum Gasteiger partial charge on any atom is 0.0431 e. The predicted molar refractivity (Wildman–Crippen MR) is 157 cm³/mol. The predicted octanol–water partition coefficient (Wildman–Crippen LogP) is 8.37. The van der Waals surface area contributed by atoms with Crippen LogP contribution in [0.4, 0.5) is 0 Å². The van der Waals surface area contributed by atoms with E-state index in [1.54, 1.807) is 0 Å². The van der Waals surface area contributed by atoms with Gasteiger partial charge in [-0.3, -0.25) is 0 Å². The molecule has 0 radical (unpaired) electrons. The summed E-state index contributed by atoms with van der Waals surface area (Å²) in [5.41, 5.74) is 0.563. The summed E-state index contributed by atoms with van der Waals surface area (Å²) in [5, 5.41) is 10.3. The van der Waals surface area contributed by atoms with Gasteiger partial charge >= 0.3 is 0 Å². The van der Waals surface area contributed by atoms with Crippen molar-refractivity contribution in [2.75, 3.05) is 6.61 Å². The van der Waals surface area contributed by atoms with Gasteiger partial charge in [0.2, 0.25) is 0 Å². The molecule has 4 aliphatic carbocycles. The fourth-order valence-electron chi connectivity index (χ4n) is 11.4. The Labute approximate surface area is 228 Å². The average molecular weight is 527 g/mol. The molecular formula is C30H54OS3. The smallest absolute Gasteiger partial charge is 0.0431 e. The molecule has 1 nitrogen and oxygen atoms in total. The van der Waals surface area contributed by atoms with Gasteiger partial charge in [0.25, 0.3) is 0 Å². The maximum atomic E-state index is 9.80. The third-order valence-electron chi connectivity index (χ3n) is 12.7.